The zero-order chi connectivity index (χ0) is 20.4. The molecular weight excluding hydrogens is 375 g/mol. The molecule has 4 rings (SSSR count). The number of rotatable bonds is 4. The molecule has 1 saturated heterocycles. The number of nitro groups is 1. The van der Waals surface area contributed by atoms with Gasteiger partial charge in [0.2, 0.25) is 0 Å². The maximum atomic E-state index is 13.3. The van der Waals surface area contributed by atoms with E-state index in [9.17, 15) is 19.3 Å². The highest BCUT2D eigenvalue weighted by Crippen LogP contribution is 2.25. The first-order valence-electron chi connectivity index (χ1n) is 9.43. The van der Waals surface area contributed by atoms with Gasteiger partial charge >= 0.3 is 0 Å². The average molecular weight is 394 g/mol. The molecule has 2 heterocycles. The molecule has 8 heteroatoms. The third-order valence-corrected chi connectivity index (χ3v) is 5.02. The SMILES string of the molecule is O=C(c1cc(-c2ccc(F)cc2)nn1-c1ccc([N+](=O)[O-])cc1)N1CCCCC1. The Balaban J connectivity index is 1.77. The van der Waals surface area contributed by atoms with Gasteiger partial charge in [-0.1, -0.05) is 0 Å². The van der Waals surface area contributed by atoms with Gasteiger partial charge in [0.15, 0.2) is 0 Å². The van der Waals surface area contributed by atoms with E-state index in [0.717, 1.165) is 19.3 Å². The van der Waals surface area contributed by atoms with Crippen LogP contribution < -0.4 is 0 Å². The van der Waals surface area contributed by atoms with E-state index in [2.05, 4.69) is 5.10 Å². The number of hydrogen-bond donors (Lipinski definition) is 0. The Hall–Kier alpha value is -3.55. The summed E-state index contributed by atoms with van der Waals surface area (Å²) < 4.78 is 14.8. The highest BCUT2D eigenvalue weighted by Gasteiger charge is 2.24. The van der Waals surface area contributed by atoms with Gasteiger partial charge in [0.1, 0.15) is 11.5 Å². The van der Waals surface area contributed by atoms with Crippen LogP contribution in [0.2, 0.25) is 0 Å². The predicted octanol–water partition coefficient (Wildman–Crippen LogP) is 4.21. The topological polar surface area (TPSA) is 81.3 Å². The summed E-state index contributed by atoms with van der Waals surface area (Å²) in [6.07, 6.45) is 3.02. The van der Waals surface area contributed by atoms with Crippen LogP contribution in [0.4, 0.5) is 10.1 Å². The highest BCUT2D eigenvalue weighted by molar-refractivity contribution is 5.94. The second-order valence-electron chi connectivity index (χ2n) is 6.96. The minimum Gasteiger partial charge on any atom is -0.337 e. The summed E-state index contributed by atoms with van der Waals surface area (Å²) >= 11 is 0. The number of carbonyl (C=O) groups is 1. The van der Waals surface area contributed by atoms with Crippen LogP contribution in [0, 0.1) is 15.9 Å². The summed E-state index contributed by atoms with van der Waals surface area (Å²) in [5.74, 6) is -0.489. The fourth-order valence-electron chi connectivity index (χ4n) is 3.47. The molecule has 0 bridgehead atoms. The lowest BCUT2D eigenvalue weighted by atomic mass is 10.1. The van der Waals surface area contributed by atoms with Crippen molar-refractivity contribution in [3.05, 3.63) is 76.2 Å². The van der Waals surface area contributed by atoms with Gasteiger partial charge in [-0.3, -0.25) is 14.9 Å². The average Bonchev–Trinajstić information content (AvgIpc) is 3.20. The number of benzene rings is 2. The molecule has 3 aromatic rings. The monoisotopic (exact) mass is 394 g/mol. The van der Waals surface area contributed by atoms with E-state index in [0.29, 0.717) is 35.7 Å². The smallest absolute Gasteiger partial charge is 0.272 e. The van der Waals surface area contributed by atoms with Crippen LogP contribution in [0.5, 0.6) is 0 Å². The van der Waals surface area contributed by atoms with Gasteiger partial charge in [0.25, 0.3) is 11.6 Å². The minimum atomic E-state index is -0.476. The Bertz CT molecular complexity index is 1040. The van der Waals surface area contributed by atoms with Crippen LogP contribution in [-0.2, 0) is 0 Å². The largest absolute Gasteiger partial charge is 0.337 e. The summed E-state index contributed by atoms with van der Waals surface area (Å²) in [5.41, 5.74) is 2.09. The summed E-state index contributed by atoms with van der Waals surface area (Å²) in [6.45, 7) is 1.38. The van der Waals surface area contributed by atoms with Gasteiger partial charge in [-0.15, -0.1) is 0 Å². The quantitative estimate of drug-likeness (QED) is 0.490. The maximum Gasteiger partial charge on any atom is 0.272 e. The van der Waals surface area contributed by atoms with Crippen molar-refractivity contribution >= 4 is 11.6 Å². The van der Waals surface area contributed by atoms with E-state index < -0.39 is 4.92 Å². The number of nitrogens with zero attached hydrogens (tertiary/aromatic N) is 4. The molecule has 2 aromatic carbocycles. The molecule has 0 aliphatic carbocycles. The Labute approximate surface area is 166 Å². The first-order chi connectivity index (χ1) is 14.0. The van der Waals surface area contributed by atoms with E-state index in [4.69, 9.17) is 0 Å². The molecule has 0 saturated carbocycles. The second-order valence-corrected chi connectivity index (χ2v) is 6.96. The maximum absolute atomic E-state index is 13.3. The third kappa shape index (κ3) is 3.87. The number of aromatic nitrogens is 2. The van der Waals surface area contributed by atoms with E-state index in [1.165, 1.54) is 28.9 Å². The molecule has 1 amide bonds. The van der Waals surface area contributed by atoms with Gasteiger partial charge in [-0.05, 0) is 61.7 Å². The Kier molecular flexibility index (Phi) is 5.07. The van der Waals surface area contributed by atoms with Crippen molar-refractivity contribution in [3.8, 4) is 16.9 Å². The fourth-order valence-corrected chi connectivity index (χ4v) is 3.47. The van der Waals surface area contributed by atoms with Crippen molar-refractivity contribution in [2.24, 2.45) is 0 Å². The first kappa shape index (κ1) is 18.8. The van der Waals surface area contributed by atoms with E-state index >= 15 is 0 Å². The number of piperidine rings is 1. The molecule has 0 atom stereocenters. The van der Waals surface area contributed by atoms with Gasteiger partial charge in [-0.2, -0.15) is 5.10 Å². The summed E-state index contributed by atoms with van der Waals surface area (Å²) in [7, 11) is 0. The fraction of sp³-hybridized carbons (Fsp3) is 0.238. The second kappa shape index (κ2) is 7.83. The molecule has 29 heavy (non-hydrogen) atoms. The normalized spacial score (nSPS) is 14.0. The Morgan fingerprint density at radius 3 is 2.28 bits per heavy atom. The molecule has 7 nitrogen and oxygen atoms in total. The molecule has 0 unspecified atom stereocenters. The van der Waals surface area contributed by atoms with Crippen molar-refractivity contribution in [3.63, 3.8) is 0 Å². The molecule has 1 fully saturated rings. The number of hydrogen-bond acceptors (Lipinski definition) is 4. The van der Waals surface area contributed by atoms with Crippen molar-refractivity contribution in [2.45, 2.75) is 19.3 Å². The van der Waals surface area contributed by atoms with Crippen LogP contribution >= 0.6 is 0 Å². The van der Waals surface area contributed by atoms with Crippen molar-refractivity contribution in [2.75, 3.05) is 13.1 Å². The van der Waals surface area contributed by atoms with Gasteiger partial charge in [0, 0.05) is 30.8 Å². The number of likely N-dealkylation sites (tertiary alicyclic amines) is 1. The van der Waals surface area contributed by atoms with Crippen LogP contribution in [-0.4, -0.2) is 38.6 Å². The number of non-ortho nitro benzene ring substituents is 1. The zero-order valence-corrected chi connectivity index (χ0v) is 15.6. The van der Waals surface area contributed by atoms with Gasteiger partial charge < -0.3 is 4.90 Å². The standard InChI is InChI=1S/C21H19FN4O3/c22-16-6-4-15(5-7-16)19-14-20(21(27)24-12-2-1-3-13-24)25(23-19)17-8-10-18(11-9-17)26(28)29/h4-11,14H,1-3,12-13H2. The Morgan fingerprint density at radius 2 is 1.66 bits per heavy atom. The molecule has 0 radical (unpaired) electrons. The van der Waals surface area contributed by atoms with Crippen molar-refractivity contribution in [1.82, 2.24) is 14.7 Å². The lowest BCUT2D eigenvalue weighted by Gasteiger charge is -2.26. The van der Waals surface area contributed by atoms with E-state index in [-0.39, 0.29) is 17.4 Å². The van der Waals surface area contributed by atoms with Gasteiger partial charge in [0.05, 0.1) is 16.3 Å². The lowest BCUT2D eigenvalue weighted by Crippen LogP contribution is -2.36. The molecule has 1 aliphatic rings. The summed E-state index contributed by atoms with van der Waals surface area (Å²) in [4.78, 5) is 25.4. The van der Waals surface area contributed by atoms with E-state index in [1.807, 2.05) is 0 Å². The highest BCUT2D eigenvalue weighted by atomic mass is 19.1. The molecular formula is C21H19FN4O3. The molecule has 1 aromatic heterocycles. The van der Waals surface area contributed by atoms with Crippen molar-refractivity contribution in [1.29, 1.82) is 0 Å². The van der Waals surface area contributed by atoms with Gasteiger partial charge in [-0.25, -0.2) is 9.07 Å². The zero-order valence-electron chi connectivity index (χ0n) is 15.6. The number of amides is 1. The molecule has 0 spiro atoms. The third-order valence-electron chi connectivity index (χ3n) is 5.02. The summed E-state index contributed by atoms with van der Waals surface area (Å²) in [6, 6.07) is 13.5. The van der Waals surface area contributed by atoms with Crippen LogP contribution in [0.15, 0.2) is 54.6 Å². The molecule has 1 aliphatic heterocycles. The van der Waals surface area contributed by atoms with E-state index in [1.54, 1.807) is 35.2 Å². The lowest BCUT2D eigenvalue weighted by molar-refractivity contribution is -0.384. The first-order valence-corrected chi connectivity index (χ1v) is 9.43. The molecule has 148 valence electrons. The number of carbonyl (C=O) groups excluding carboxylic acids is 1. The predicted molar refractivity (Wildman–Crippen MR) is 105 cm³/mol. The van der Waals surface area contributed by atoms with Crippen LogP contribution in [0.1, 0.15) is 29.8 Å². The molecule has 0 N–H and O–H groups in total. The summed E-state index contributed by atoms with van der Waals surface area (Å²) in [5, 5.41) is 15.5. The minimum absolute atomic E-state index is 0.0384. The number of nitro benzene ring substituents is 1. The van der Waals surface area contributed by atoms with Crippen LogP contribution in [0.25, 0.3) is 16.9 Å². The Morgan fingerprint density at radius 1 is 1.00 bits per heavy atom. The number of halogens is 1. The van der Waals surface area contributed by atoms with Crippen LogP contribution in [0.3, 0.4) is 0 Å². The van der Waals surface area contributed by atoms with Crippen molar-refractivity contribution < 1.29 is 14.1 Å².